The predicted octanol–water partition coefficient (Wildman–Crippen LogP) is 3.12. The molecule has 0 amide bonds. The third kappa shape index (κ3) is 19.3. The summed E-state index contributed by atoms with van der Waals surface area (Å²) in [6.07, 6.45) is 15.0. The second-order valence-electron chi connectivity index (χ2n) is 9.35. The highest BCUT2D eigenvalue weighted by atomic mass is 16.6. The minimum absolute atomic E-state index is 0.168. The summed E-state index contributed by atoms with van der Waals surface area (Å²) in [5.74, 6) is -4.16. The number of hydrogen-bond acceptors (Lipinski definition) is 8. The highest BCUT2D eigenvalue weighted by molar-refractivity contribution is 6.28. The molecule has 0 aliphatic heterocycles. The number of carbonyl (C=O) groups excluding carboxylic acids is 2. The maximum Gasteiger partial charge on any atom is 0.417 e. The van der Waals surface area contributed by atoms with Gasteiger partial charge in [0.25, 0.3) is 0 Å². The van der Waals surface area contributed by atoms with Gasteiger partial charge in [0.1, 0.15) is 24.9 Å². The summed E-state index contributed by atoms with van der Waals surface area (Å²) >= 11 is 0. The predicted molar refractivity (Wildman–Crippen MR) is 134 cm³/mol. The topological polar surface area (TPSA) is 153 Å². The molecule has 0 unspecified atom stereocenters. The van der Waals surface area contributed by atoms with Gasteiger partial charge in [-0.05, 0) is 13.0 Å². The summed E-state index contributed by atoms with van der Waals surface area (Å²) in [4.78, 5) is 33.1. The Balaban J connectivity index is 3.54. The van der Waals surface area contributed by atoms with Crippen LogP contribution in [0, 0.1) is 0 Å². The van der Waals surface area contributed by atoms with E-state index in [1.54, 1.807) is 0 Å². The zero-order valence-electron chi connectivity index (χ0n) is 21.6. The Labute approximate surface area is 210 Å². The van der Waals surface area contributed by atoms with Gasteiger partial charge in [0.2, 0.25) is 0 Å². The summed E-state index contributed by atoms with van der Waals surface area (Å²) < 4.78 is 4.23. The molecule has 3 atom stereocenters. The summed E-state index contributed by atoms with van der Waals surface area (Å²) in [7, 11) is 0. The number of rotatable bonds is 24. The standard InChI is InChI=1S/C26H49NO8/c1-2-3-4-5-6-7-8-9-10-11-12-13-14-15-16-17-18-27-19-21(28)23(30)24(31)22(29)20-35-26(34)25(32)33/h22-24,27,29-31H,2-20H2,1H3,(H,32,33)/t22-,23-,24+/m1/s1. The first-order valence-corrected chi connectivity index (χ1v) is 13.5. The number of hydrogen-bond donors (Lipinski definition) is 5. The SMILES string of the molecule is CCCCCCCCCCCCCCCCCCNCC(=O)[C@@H](O)[C@@H](O)[C@H](O)COC(=O)C(=O)O. The van der Waals surface area contributed by atoms with Crippen molar-refractivity contribution in [3.63, 3.8) is 0 Å². The first-order chi connectivity index (χ1) is 16.8. The van der Waals surface area contributed by atoms with Crippen LogP contribution in [-0.2, 0) is 19.1 Å². The minimum atomic E-state index is -1.89. The van der Waals surface area contributed by atoms with E-state index in [1.165, 1.54) is 83.5 Å². The molecule has 0 aromatic rings. The van der Waals surface area contributed by atoms with E-state index in [9.17, 15) is 29.7 Å². The molecule has 9 nitrogen and oxygen atoms in total. The second kappa shape index (κ2) is 22.9. The Morgan fingerprint density at radius 3 is 1.57 bits per heavy atom. The molecule has 0 aliphatic carbocycles. The third-order valence-electron chi connectivity index (χ3n) is 6.11. The number of ether oxygens (including phenoxy) is 1. The van der Waals surface area contributed by atoms with E-state index < -0.39 is 42.6 Å². The van der Waals surface area contributed by atoms with Crippen molar-refractivity contribution in [1.82, 2.24) is 5.32 Å². The van der Waals surface area contributed by atoms with Crippen LogP contribution >= 0.6 is 0 Å². The number of aliphatic hydroxyl groups excluding tert-OH is 3. The van der Waals surface area contributed by atoms with Gasteiger partial charge in [-0.25, -0.2) is 9.59 Å². The molecule has 206 valence electrons. The van der Waals surface area contributed by atoms with E-state index in [0.717, 1.165) is 19.3 Å². The van der Waals surface area contributed by atoms with E-state index in [4.69, 9.17) is 5.11 Å². The van der Waals surface area contributed by atoms with Gasteiger partial charge in [0.15, 0.2) is 5.78 Å². The van der Waals surface area contributed by atoms with Gasteiger partial charge in [-0.1, -0.05) is 103 Å². The molecule has 0 rings (SSSR count). The fourth-order valence-electron chi connectivity index (χ4n) is 3.84. The lowest BCUT2D eigenvalue weighted by molar-refractivity contribution is -0.168. The molecule has 5 N–H and O–H groups in total. The zero-order valence-corrected chi connectivity index (χ0v) is 21.6. The molecule has 0 saturated heterocycles. The molecule has 35 heavy (non-hydrogen) atoms. The van der Waals surface area contributed by atoms with Crippen molar-refractivity contribution >= 4 is 17.7 Å². The van der Waals surface area contributed by atoms with Gasteiger partial charge < -0.3 is 30.5 Å². The number of unbranched alkanes of at least 4 members (excludes halogenated alkanes) is 15. The fourth-order valence-corrected chi connectivity index (χ4v) is 3.84. The van der Waals surface area contributed by atoms with Crippen molar-refractivity contribution in [1.29, 1.82) is 0 Å². The Morgan fingerprint density at radius 2 is 1.14 bits per heavy atom. The summed E-state index contributed by atoms with van der Waals surface area (Å²) in [6, 6.07) is 0. The monoisotopic (exact) mass is 503 g/mol. The Hall–Kier alpha value is -1.55. The maximum atomic E-state index is 11.9. The van der Waals surface area contributed by atoms with Gasteiger partial charge in [-0.15, -0.1) is 0 Å². The number of esters is 1. The Kier molecular flexibility index (Phi) is 21.9. The highest BCUT2D eigenvalue weighted by Gasteiger charge is 2.31. The number of ketones is 1. The molecule has 9 heteroatoms. The van der Waals surface area contributed by atoms with E-state index in [-0.39, 0.29) is 6.54 Å². The zero-order chi connectivity index (χ0) is 26.3. The van der Waals surface area contributed by atoms with Crippen LogP contribution in [0.25, 0.3) is 0 Å². The van der Waals surface area contributed by atoms with Crippen molar-refractivity contribution in [3.05, 3.63) is 0 Å². The van der Waals surface area contributed by atoms with Crippen LogP contribution < -0.4 is 5.32 Å². The lowest BCUT2D eigenvalue weighted by Crippen LogP contribution is -2.47. The molecule has 0 saturated carbocycles. The van der Waals surface area contributed by atoms with Gasteiger partial charge >= 0.3 is 11.9 Å². The maximum absolute atomic E-state index is 11.9. The molecule has 0 radical (unpaired) electrons. The molecule has 0 spiro atoms. The first-order valence-electron chi connectivity index (χ1n) is 13.5. The van der Waals surface area contributed by atoms with Gasteiger partial charge in [-0.3, -0.25) is 4.79 Å². The Morgan fingerprint density at radius 1 is 0.714 bits per heavy atom. The molecule has 0 heterocycles. The number of nitrogens with one attached hydrogen (secondary N) is 1. The molecule has 0 aromatic heterocycles. The summed E-state index contributed by atoms with van der Waals surface area (Å²) in [5, 5.41) is 40.5. The number of carboxylic acids is 1. The van der Waals surface area contributed by atoms with Crippen LogP contribution in [0.15, 0.2) is 0 Å². The smallest absolute Gasteiger partial charge is 0.417 e. The summed E-state index contributed by atoms with van der Waals surface area (Å²) in [6.45, 7) is 1.84. The van der Waals surface area contributed by atoms with Crippen LogP contribution in [0.2, 0.25) is 0 Å². The number of aliphatic carboxylic acids is 1. The number of Topliss-reactive ketones (excluding diaryl/α,β-unsaturated/α-hetero) is 1. The van der Waals surface area contributed by atoms with Crippen molar-refractivity contribution < 1.29 is 39.5 Å². The molecule has 0 aromatic carbocycles. The highest BCUT2D eigenvalue weighted by Crippen LogP contribution is 2.13. The van der Waals surface area contributed by atoms with Crippen LogP contribution in [0.3, 0.4) is 0 Å². The van der Waals surface area contributed by atoms with Crippen molar-refractivity contribution in [3.8, 4) is 0 Å². The van der Waals surface area contributed by atoms with E-state index in [0.29, 0.717) is 6.54 Å². The van der Waals surface area contributed by atoms with E-state index in [1.807, 2.05) is 0 Å². The van der Waals surface area contributed by atoms with Crippen molar-refractivity contribution in [2.45, 2.75) is 128 Å². The molecule has 0 bridgehead atoms. The molecule has 0 fully saturated rings. The van der Waals surface area contributed by atoms with Gasteiger partial charge in [0.05, 0.1) is 6.54 Å². The average Bonchev–Trinajstić information content (AvgIpc) is 2.85. The first kappa shape index (κ1) is 33.4. The molecular weight excluding hydrogens is 454 g/mol. The van der Waals surface area contributed by atoms with E-state index >= 15 is 0 Å². The number of carbonyl (C=O) groups is 3. The van der Waals surface area contributed by atoms with Crippen molar-refractivity contribution in [2.75, 3.05) is 19.7 Å². The summed E-state index contributed by atoms with van der Waals surface area (Å²) in [5.41, 5.74) is 0. The Bertz CT molecular complexity index is 557. The normalized spacial score (nSPS) is 13.8. The minimum Gasteiger partial charge on any atom is -0.473 e. The van der Waals surface area contributed by atoms with E-state index in [2.05, 4.69) is 17.0 Å². The van der Waals surface area contributed by atoms with Gasteiger partial charge in [-0.2, -0.15) is 0 Å². The average molecular weight is 504 g/mol. The number of aliphatic hydroxyl groups is 3. The largest absolute Gasteiger partial charge is 0.473 e. The second-order valence-corrected chi connectivity index (χ2v) is 9.35. The lowest BCUT2D eigenvalue weighted by atomic mass is 10.0. The lowest BCUT2D eigenvalue weighted by Gasteiger charge is -2.21. The number of carboxylic acid groups (broad SMARTS) is 1. The van der Waals surface area contributed by atoms with Crippen LogP contribution in [0.1, 0.15) is 110 Å². The fraction of sp³-hybridized carbons (Fsp3) is 0.885. The van der Waals surface area contributed by atoms with Gasteiger partial charge in [0, 0.05) is 0 Å². The third-order valence-corrected chi connectivity index (χ3v) is 6.11. The van der Waals surface area contributed by atoms with Crippen LogP contribution in [0.5, 0.6) is 0 Å². The van der Waals surface area contributed by atoms with Crippen molar-refractivity contribution in [2.24, 2.45) is 0 Å². The van der Waals surface area contributed by atoms with Crippen LogP contribution in [0.4, 0.5) is 0 Å². The molecular formula is C26H49NO8. The quantitative estimate of drug-likeness (QED) is 0.0759. The van der Waals surface area contributed by atoms with Crippen LogP contribution in [-0.4, -0.2) is 76.2 Å². The molecule has 0 aliphatic rings.